The van der Waals surface area contributed by atoms with E-state index in [2.05, 4.69) is 24.9 Å². The summed E-state index contributed by atoms with van der Waals surface area (Å²) in [6.45, 7) is 0.197. The Bertz CT molecular complexity index is 589. The fraction of sp³-hybridized carbons (Fsp3) is 0.111. The Morgan fingerprint density at radius 1 is 1.31 bits per heavy atom. The van der Waals surface area contributed by atoms with Crippen LogP contribution in [0.5, 0.6) is 6.01 Å². The van der Waals surface area contributed by atoms with Gasteiger partial charge in [0.1, 0.15) is 11.8 Å². The van der Waals surface area contributed by atoms with Crippen molar-refractivity contribution in [3.63, 3.8) is 0 Å². The number of nitrogens with one attached hydrogen (secondary N) is 1. The molecule has 0 saturated carbocycles. The van der Waals surface area contributed by atoms with E-state index in [4.69, 9.17) is 9.15 Å². The Balaban J connectivity index is 1.78. The summed E-state index contributed by atoms with van der Waals surface area (Å²) in [6.07, 6.45) is 6.20. The molecule has 7 nitrogen and oxygen atoms in total. The molecule has 3 aromatic rings. The smallest absolute Gasteiger partial charge is 0.319 e. The molecule has 0 aliphatic rings. The molecule has 80 valence electrons. The molecule has 3 rings (SSSR count). The molecule has 0 unspecified atom stereocenters. The second kappa shape index (κ2) is 3.61. The average molecular weight is 217 g/mol. The molecule has 3 aromatic heterocycles. The number of fused-ring (bicyclic) bond motifs is 1. The number of aromatic nitrogens is 5. The fourth-order valence-corrected chi connectivity index (χ4v) is 1.24. The third-order valence-corrected chi connectivity index (χ3v) is 1.96. The van der Waals surface area contributed by atoms with Crippen LogP contribution in [-0.2, 0) is 6.61 Å². The summed E-state index contributed by atoms with van der Waals surface area (Å²) >= 11 is 0. The van der Waals surface area contributed by atoms with Crippen LogP contribution < -0.4 is 4.74 Å². The zero-order valence-electron chi connectivity index (χ0n) is 8.12. The van der Waals surface area contributed by atoms with Gasteiger partial charge in [0.05, 0.1) is 18.7 Å². The van der Waals surface area contributed by atoms with Crippen molar-refractivity contribution < 1.29 is 9.15 Å². The van der Waals surface area contributed by atoms with Crippen molar-refractivity contribution in [3.8, 4) is 6.01 Å². The Morgan fingerprint density at radius 3 is 3.19 bits per heavy atom. The van der Waals surface area contributed by atoms with Crippen molar-refractivity contribution in [3.05, 3.63) is 30.9 Å². The van der Waals surface area contributed by atoms with Gasteiger partial charge in [0.15, 0.2) is 12.3 Å². The van der Waals surface area contributed by atoms with E-state index in [9.17, 15) is 0 Å². The van der Waals surface area contributed by atoms with E-state index in [1.54, 1.807) is 18.7 Å². The van der Waals surface area contributed by atoms with Gasteiger partial charge in [0, 0.05) is 0 Å². The highest BCUT2D eigenvalue weighted by atomic mass is 16.5. The topological polar surface area (TPSA) is 89.7 Å². The summed E-state index contributed by atoms with van der Waals surface area (Å²) in [4.78, 5) is 18.9. The molecule has 0 saturated heterocycles. The molecule has 0 amide bonds. The van der Waals surface area contributed by atoms with Crippen LogP contribution in [0.25, 0.3) is 11.2 Å². The Kier molecular flexibility index (Phi) is 1.99. The van der Waals surface area contributed by atoms with Crippen LogP contribution in [0.1, 0.15) is 5.89 Å². The summed E-state index contributed by atoms with van der Waals surface area (Å²) in [5.41, 5.74) is 1.33. The van der Waals surface area contributed by atoms with Crippen LogP contribution in [0, 0.1) is 0 Å². The maximum absolute atomic E-state index is 5.30. The second-order valence-corrected chi connectivity index (χ2v) is 3.01. The number of nitrogens with zero attached hydrogens (tertiary/aromatic N) is 4. The van der Waals surface area contributed by atoms with Crippen molar-refractivity contribution in [2.24, 2.45) is 0 Å². The first-order chi connectivity index (χ1) is 7.92. The number of imidazole rings is 1. The highest BCUT2D eigenvalue weighted by Gasteiger charge is 2.04. The van der Waals surface area contributed by atoms with E-state index in [-0.39, 0.29) is 12.6 Å². The molecule has 0 aliphatic heterocycles. The fourth-order valence-electron chi connectivity index (χ4n) is 1.24. The SMILES string of the molecule is c1coc(COc2ncc3[nH]cnc3n2)n1. The van der Waals surface area contributed by atoms with Gasteiger partial charge >= 0.3 is 6.01 Å². The van der Waals surface area contributed by atoms with E-state index in [1.165, 1.54) is 6.26 Å². The van der Waals surface area contributed by atoms with Gasteiger partial charge in [-0.25, -0.2) is 15.0 Å². The average Bonchev–Trinajstić information content (AvgIpc) is 2.97. The lowest BCUT2D eigenvalue weighted by Gasteiger charge is -1.99. The molecule has 0 aromatic carbocycles. The molecule has 1 N–H and O–H groups in total. The number of rotatable bonds is 3. The van der Waals surface area contributed by atoms with Gasteiger partial charge < -0.3 is 14.1 Å². The minimum absolute atomic E-state index is 0.197. The second-order valence-electron chi connectivity index (χ2n) is 3.01. The Labute approximate surface area is 89.5 Å². The number of ether oxygens (including phenoxy) is 1. The molecule has 0 radical (unpaired) electrons. The minimum atomic E-state index is 0.197. The molecule has 0 bridgehead atoms. The van der Waals surface area contributed by atoms with Crippen LogP contribution >= 0.6 is 0 Å². The lowest BCUT2D eigenvalue weighted by molar-refractivity contribution is 0.244. The molecule has 0 spiro atoms. The zero-order valence-corrected chi connectivity index (χ0v) is 8.12. The van der Waals surface area contributed by atoms with Crippen LogP contribution in [-0.4, -0.2) is 24.9 Å². The van der Waals surface area contributed by atoms with E-state index < -0.39 is 0 Å². The first-order valence-electron chi connectivity index (χ1n) is 4.59. The third kappa shape index (κ3) is 1.58. The maximum atomic E-state index is 5.30. The summed E-state index contributed by atoms with van der Waals surface area (Å²) in [5.74, 6) is 0.478. The van der Waals surface area contributed by atoms with Crippen LogP contribution in [0.15, 0.2) is 29.4 Å². The first kappa shape index (κ1) is 8.84. The lowest BCUT2D eigenvalue weighted by atomic mass is 10.6. The normalized spacial score (nSPS) is 10.8. The van der Waals surface area contributed by atoms with E-state index >= 15 is 0 Å². The summed E-state index contributed by atoms with van der Waals surface area (Å²) < 4.78 is 10.3. The molecule has 0 fully saturated rings. The number of hydrogen-bond acceptors (Lipinski definition) is 6. The highest BCUT2D eigenvalue weighted by molar-refractivity contribution is 5.68. The molecular weight excluding hydrogens is 210 g/mol. The lowest BCUT2D eigenvalue weighted by Crippen LogP contribution is -1.99. The van der Waals surface area contributed by atoms with Crippen LogP contribution in [0.4, 0.5) is 0 Å². The van der Waals surface area contributed by atoms with Crippen molar-refractivity contribution >= 4 is 11.2 Å². The zero-order chi connectivity index (χ0) is 10.8. The molecule has 0 aliphatic carbocycles. The number of oxazole rings is 1. The van der Waals surface area contributed by atoms with E-state index in [0.29, 0.717) is 11.5 Å². The van der Waals surface area contributed by atoms with Crippen LogP contribution in [0.2, 0.25) is 0 Å². The van der Waals surface area contributed by atoms with Crippen LogP contribution in [0.3, 0.4) is 0 Å². The van der Waals surface area contributed by atoms with Crippen molar-refractivity contribution in [2.45, 2.75) is 6.61 Å². The monoisotopic (exact) mass is 217 g/mol. The highest BCUT2D eigenvalue weighted by Crippen LogP contribution is 2.10. The minimum Gasteiger partial charge on any atom is -0.453 e. The summed E-state index contributed by atoms with van der Waals surface area (Å²) in [7, 11) is 0. The maximum Gasteiger partial charge on any atom is 0.319 e. The van der Waals surface area contributed by atoms with Crippen molar-refractivity contribution in [2.75, 3.05) is 0 Å². The van der Waals surface area contributed by atoms with E-state index in [1.807, 2.05) is 0 Å². The van der Waals surface area contributed by atoms with Gasteiger partial charge in [-0.1, -0.05) is 0 Å². The molecule has 3 heterocycles. The predicted molar refractivity (Wildman–Crippen MR) is 52.5 cm³/mol. The standard InChI is InChI=1S/C9H7N5O2/c1-2-15-7(10-1)4-16-9-11-3-6-8(14-9)13-5-12-6/h1-3,5H,4H2,(H,11,12,13,14). The van der Waals surface area contributed by atoms with Crippen molar-refractivity contribution in [1.82, 2.24) is 24.9 Å². The quantitative estimate of drug-likeness (QED) is 0.701. The number of hydrogen-bond donors (Lipinski definition) is 1. The molecule has 7 heteroatoms. The van der Waals surface area contributed by atoms with Gasteiger partial charge in [-0.15, -0.1) is 0 Å². The van der Waals surface area contributed by atoms with Gasteiger partial charge in [-0.05, 0) is 0 Å². The molecule has 16 heavy (non-hydrogen) atoms. The van der Waals surface area contributed by atoms with Crippen molar-refractivity contribution in [1.29, 1.82) is 0 Å². The van der Waals surface area contributed by atoms with Gasteiger partial charge in [-0.2, -0.15) is 4.98 Å². The summed E-state index contributed by atoms with van der Waals surface area (Å²) in [6, 6.07) is 0.248. The molecular formula is C9H7N5O2. The number of H-pyrrole nitrogens is 1. The predicted octanol–water partition coefficient (Wildman–Crippen LogP) is 0.920. The first-order valence-corrected chi connectivity index (χ1v) is 4.59. The van der Waals surface area contributed by atoms with Gasteiger partial charge in [-0.3, -0.25) is 0 Å². The largest absolute Gasteiger partial charge is 0.453 e. The molecule has 0 atom stereocenters. The summed E-state index contributed by atoms with van der Waals surface area (Å²) in [5, 5.41) is 0. The van der Waals surface area contributed by atoms with Gasteiger partial charge in [0.2, 0.25) is 5.89 Å². The Hall–Kier alpha value is -2.44. The third-order valence-electron chi connectivity index (χ3n) is 1.96. The number of aromatic amines is 1. The Morgan fingerprint density at radius 2 is 2.31 bits per heavy atom. The van der Waals surface area contributed by atoms with Gasteiger partial charge in [0.25, 0.3) is 0 Å². The van der Waals surface area contributed by atoms with E-state index in [0.717, 1.165) is 5.52 Å².